The Morgan fingerprint density at radius 1 is 0.792 bits per heavy atom. The van der Waals surface area contributed by atoms with Gasteiger partial charge in [-0.3, -0.25) is 4.57 Å². The predicted octanol–water partition coefficient (Wildman–Crippen LogP) is 5.32. The first kappa shape index (κ1) is 16.6. The van der Waals surface area contributed by atoms with Crippen molar-refractivity contribution in [1.82, 2.24) is 4.57 Å². The number of fused-ring (bicyclic) bond motifs is 3. The van der Waals surface area contributed by atoms with Crippen LogP contribution >= 0.6 is 0 Å². The highest BCUT2D eigenvalue weighted by atomic mass is 16.2. The van der Waals surface area contributed by atoms with Gasteiger partial charge >= 0.3 is 6.03 Å². The van der Waals surface area contributed by atoms with Gasteiger partial charge in [0.1, 0.15) is 0 Å². The van der Waals surface area contributed by atoms with Crippen molar-refractivity contribution in [1.29, 1.82) is 0 Å². The molecule has 0 radical (unpaired) electrons. The highest BCUT2D eigenvalue weighted by Gasteiger charge is 2.21. The van der Waals surface area contributed by atoms with Crippen molar-refractivity contribution in [3.63, 3.8) is 0 Å². The molecule has 3 nitrogen and oxygen atoms in total. The zero-order valence-electron chi connectivity index (χ0n) is 15.4. The van der Waals surface area contributed by atoms with E-state index in [1.54, 1.807) is 4.57 Å². The number of hydrogen-bond acceptors (Lipinski definition) is 1. The topological polar surface area (TPSA) is 48.0 Å². The molecule has 0 atom stereocenters. The second-order valence-electron chi connectivity index (χ2n) is 8.64. The average Bonchev–Trinajstić information content (AvgIpc) is 2.78. The molecule has 126 valence electrons. The molecule has 1 heterocycles. The number of amides is 1. The number of carbonyl (C=O) groups excluding carboxylic acids is 1. The Kier molecular flexibility index (Phi) is 3.52. The van der Waals surface area contributed by atoms with Crippen LogP contribution in [0.3, 0.4) is 0 Å². The third kappa shape index (κ3) is 2.58. The Morgan fingerprint density at radius 2 is 1.17 bits per heavy atom. The number of benzene rings is 2. The van der Waals surface area contributed by atoms with E-state index < -0.39 is 6.03 Å². The first-order valence-electron chi connectivity index (χ1n) is 8.39. The lowest BCUT2D eigenvalue weighted by molar-refractivity contribution is 0.252. The molecule has 3 aromatic rings. The van der Waals surface area contributed by atoms with Crippen molar-refractivity contribution in [2.75, 3.05) is 0 Å². The lowest BCUT2D eigenvalue weighted by atomic mass is 9.85. The molecule has 1 amide bonds. The monoisotopic (exact) mass is 322 g/mol. The maximum atomic E-state index is 12.0. The molecule has 0 unspecified atom stereocenters. The SMILES string of the molecule is CC(C)(C)c1ccc2c(c1)c1cc(C(C)(C)C)ccc1n2C(N)=O. The van der Waals surface area contributed by atoms with Gasteiger partial charge in [0.15, 0.2) is 0 Å². The second kappa shape index (κ2) is 5.10. The molecule has 3 rings (SSSR count). The molecule has 0 spiro atoms. The van der Waals surface area contributed by atoms with Gasteiger partial charge in [-0.1, -0.05) is 53.7 Å². The Balaban J connectivity index is 2.45. The van der Waals surface area contributed by atoms with E-state index in [1.807, 2.05) is 12.1 Å². The van der Waals surface area contributed by atoms with Gasteiger partial charge in [0.2, 0.25) is 0 Å². The number of hydrogen-bond donors (Lipinski definition) is 1. The van der Waals surface area contributed by atoms with Gasteiger partial charge in [-0.05, 0) is 46.2 Å². The van der Waals surface area contributed by atoms with Gasteiger partial charge in [-0.15, -0.1) is 0 Å². The smallest absolute Gasteiger partial charge is 0.323 e. The fourth-order valence-corrected chi connectivity index (χ4v) is 3.19. The van der Waals surface area contributed by atoms with Crippen molar-refractivity contribution in [3.05, 3.63) is 47.5 Å². The second-order valence-corrected chi connectivity index (χ2v) is 8.64. The first-order valence-corrected chi connectivity index (χ1v) is 8.39. The molecule has 0 bridgehead atoms. The third-order valence-corrected chi connectivity index (χ3v) is 4.72. The Hall–Kier alpha value is -2.29. The molecule has 0 fully saturated rings. The van der Waals surface area contributed by atoms with Crippen molar-refractivity contribution >= 4 is 27.8 Å². The number of nitrogens with two attached hydrogens (primary N) is 1. The minimum Gasteiger partial charge on any atom is -0.351 e. The standard InChI is InChI=1S/C21H26N2O/c1-20(2,3)13-7-9-17-15(11-13)16-12-14(21(4,5)6)8-10-18(16)23(17)19(22)24/h7-12H,1-6H3,(H2,22,24). The van der Waals surface area contributed by atoms with Crippen LogP contribution in [0.1, 0.15) is 52.7 Å². The van der Waals surface area contributed by atoms with Gasteiger partial charge in [-0.2, -0.15) is 0 Å². The van der Waals surface area contributed by atoms with Crippen LogP contribution in [0.25, 0.3) is 21.8 Å². The van der Waals surface area contributed by atoms with E-state index in [1.165, 1.54) is 11.1 Å². The number of carbonyl (C=O) groups is 1. The predicted molar refractivity (Wildman–Crippen MR) is 102 cm³/mol. The molecule has 1 aromatic heterocycles. The van der Waals surface area contributed by atoms with Gasteiger partial charge in [0.25, 0.3) is 0 Å². The average molecular weight is 322 g/mol. The summed E-state index contributed by atoms with van der Waals surface area (Å²) < 4.78 is 1.61. The number of aromatic nitrogens is 1. The lowest BCUT2D eigenvalue weighted by Gasteiger charge is -2.19. The summed E-state index contributed by atoms with van der Waals surface area (Å²) in [6.07, 6.45) is 0. The molecular weight excluding hydrogens is 296 g/mol. The molecule has 0 saturated carbocycles. The van der Waals surface area contributed by atoms with Gasteiger partial charge in [-0.25, -0.2) is 4.79 Å². The zero-order valence-corrected chi connectivity index (χ0v) is 15.4. The first-order chi connectivity index (χ1) is 11.0. The molecule has 0 saturated heterocycles. The Bertz CT molecular complexity index is 879. The summed E-state index contributed by atoms with van der Waals surface area (Å²) in [7, 11) is 0. The molecule has 2 aromatic carbocycles. The largest absolute Gasteiger partial charge is 0.351 e. The molecule has 24 heavy (non-hydrogen) atoms. The number of primary amides is 1. The summed E-state index contributed by atoms with van der Waals surface area (Å²) in [5.41, 5.74) is 10.0. The summed E-state index contributed by atoms with van der Waals surface area (Å²) in [5, 5.41) is 2.17. The highest BCUT2D eigenvalue weighted by molar-refractivity contribution is 6.13. The quantitative estimate of drug-likeness (QED) is 0.598. The van der Waals surface area contributed by atoms with Crippen molar-refractivity contribution < 1.29 is 4.79 Å². The van der Waals surface area contributed by atoms with Crippen LogP contribution in [0, 0.1) is 0 Å². The summed E-state index contributed by atoms with van der Waals surface area (Å²) in [5.74, 6) is 0. The fourth-order valence-electron chi connectivity index (χ4n) is 3.19. The third-order valence-electron chi connectivity index (χ3n) is 4.72. The maximum absolute atomic E-state index is 12.0. The van der Waals surface area contributed by atoms with E-state index in [0.717, 1.165) is 21.8 Å². The van der Waals surface area contributed by atoms with Crippen LogP contribution in [-0.4, -0.2) is 10.6 Å². The van der Waals surface area contributed by atoms with Crippen molar-refractivity contribution in [2.45, 2.75) is 52.4 Å². The van der Waals surface area contributed by atoms with Crippen molar-refractivity contribution in [3.8, 4) is 0 Å². The highest BCUT2D eigenvalue weighted by Crippen LogP contribution is 2.35. The van der Waals surface area contributed by atoms with E-state index in [-0.39, 0.29) is 10.8 Å². The molecule has 3 heteroatoms. The summed E-state index contributed by atoms with van der Waals surface area (Å²) in [6, 6.07) is 12.2. The summed E-state index contributed by atoms with van der Waals surface area (Å²) >= 11 is 0. The molecule has 0 aliphatic rings. The van der Waals surface area contributed by atoms with E-state index in [4.69, 9.17) is 5.73 Å². The summed E-state index contributed by atoms with van der Waals surface area (Å²) in [6.45, 7) is 13.2. The fraction of sp³-hybridized carbons (Fsp3) is 0.381. The number of rotatable bonds is 0. The molecule has 2 N–H and O–H groups in total. The van der Waals surface area contributed by atoms with Gasteiger partial charge in [0, 0.05) is 10.8 Å². The van der Waals surface area contributed by atoms with E-state index in [9.17, 15) is 4.79 Å². The minimum absolute atomic E-state index is 0.0526. The minimum atomic E-state index is -0.443. The number of nitrogens with zero attached hydrogens (tertiary/aromatic N) is 1. The van der Waals surface area contributed by atoms with Crippen LogP contribution in [0.5, 0.6) is 0 Å². The van der Waals surface area contributed by atoms with Crippen LogP contribution in [0.2, 0.25) is 0 Å². The maximum Gasteiger partial charge on any atom is 0.323 e. The molecule has 0 aliphatic carbocycles. The van der Waals surface area contributed by atoms with Crippen LogP contribution in [-0.2, 0) is 10.8 Å². The normalized spacial score (nSPS) is 12.9. The Labute approximate surface area is 143 Å². The van der Waals surface area contributed by atoms with E-state index in [2.05, 4.69) is 65.8 Å². The van der Waals surface area contributed by atoms with Crippen LogP contribution in [0.4, 0.5) is 4.79 Å². The van der Waals surface area contributed by atoms with Gasteiger partial charge < -0.3 is 5.73 Å². The van der Waals surface area contributed by atoms with E-state index in [0.29, 0.717) is 0 Å². The van der Waals surface area contributed by atoms with Gasteiger partial charge in [0.05, 0.1) is 11.0 Å². The summed E-state index contributed by atoms with van der Waals surface area (Å²) in [4.78, 5) is 12.0. The molecule has 0 aliphatic heterocycles. The zero-order chi connectivity index (χ0) is 17.9. The lowest BCUT2D eigenvalue weighted by Crippen LogP contribution is -2.19. The molecular formula is C21H26N2O. The van der Waals surface area contributed by atoms with Crippen molar-refractivity contribution in [2.24, 2.45) is 5.73 Å². The van der Waals surface area contributed by atoms with Crippen LogP contribution in [0.15, 0.2) is 36.4 Å². The van der Waals surface area contributed by atoms with E-state index >= 15 is 0 Å². The van der Waals surface area contributed by atoms with Crippen LogP contribution < -0.4 is 5.73 Å². The Morgan fingerprint density at radius 3 is 1.46 bits per heavy atom.